The zero-order valence-corrected chi connectivity index (χ0v) is 11.4. The molecule has 1 atom stereocenters. The molecule has 1 rings (SSSR count). The molecular formula is C13H27NS. The van der Waals surface area contributed by atoms with Gasteiger partial charge in [0.2, 0.25) is 0 Å². The second-order valence-corrected chi connectivity index (χ2v) is 6.42. The van der Waals surface area contributed by atoms with Crippen molar-refractivity contribution in [3.63, 3.8) is 0 Å². The van der Waals surface area contributed by atoms with Crippen LogP contribution < -0.4 is 5.32 Å². The van der Waals surface area contributed by atoms with E-state index in [2.05, 4.69) is 37.8 Å². The third-order valence-electron chi connectivity index (χ3n) is 3.26. The number of hydrogen-bond donors (Lipinski definition) is 1. The van der Waals surface area contributed by atoms with E-state index >= 15 is 0 Å². The molecule has 1 aliphatic carbocycles. The Kier molecular flexibility index (Phi) is 6.74. The van der Waals surface area contributed by atoms with E-state index in [1.165, 1.54) is 43.7 Å². The molecule has 1 saturated carbocycles. The van der Waals surface area contributed by atoms with Crippen molar-refractivity contribution < 1.29 is 0 Å². The Bertz CT molecular complexity index is 155. The van der Waals surface area contributed by atoms with Gasteiger partial charge in [0.1, 0.15) is 0 Å². The van der Waals surface area contributed by atoms with Gasteiger partial charge in [0.05, 0.1) is 0 Å². The smallest absolute Gasteiger partial charge is 0.00683 e. The lowest BCUT2D eigenvalue weighted by Gasteiger charge is -2.21. The van der Waals surface area contributed by atoms with E-state index in [1.54, 1.807) is 0 Å². The SMILES string of the molecule is CCSCCCC(CNC1CC1)C(C)C. The van der Waals surface area contributed by atoms with Crippen LogP contribution in [0.15, 0.2) is 0 Å². The Hall–Kier alpha value is 0.310. The fourth-order valence-electron chi connectivity index (χ4n) is 1.87. The number of hydrogen-bond acceptors (Lipinski definition) is 2. The van der Waals surface area contributed by atoms with Gasteiger partial charge >= 0.3 is 0 Å². The van der Waals surface area contributed by atoms with Crippen LogP contribution in [0.1, 0.15) is 46.5 Å². The van der Waals surface area contributed by atoms with Gasteiger partial charge in [-0.15, -0.1) is 0 Å². The molecule has 0 aromatic rings. The summed E-state index contributed by atoms with van der Waals surface area (Å²) >= 11 is 2.08. The van der Waals surface area contributed by atoms with Gasteiger partial charge in [-0.2, -0.15) is 11.8 Å². The Balaban J connectivity index is 2.05. The van der Waals surface area contributed by atoms with Gasteiger partial charge in [-0.25, -0.2) is 0 Å². The highest BCUT2D eigenvalue weighted by atomic mass is 32.2. The summed E-state index contributed by atoms with van der Waals surface area (Å²) in [6, 6.07) is 0.872. The van der Waals surface area contributed by atoms with Crippen molar-refractivity contribution in [2.24, 2.45) is 11.8 Å². The summed E-state index contributed by atoms with van der Waals surface area (Å²) < 4.78 is 0. The minimum Gasteiger partial charge on any atom is -0.314 e. The molecule has 2 heteroatoms. The average molecular weight is 229 g/mol. The van der Waals surface area contributed by atoms with Crippen molar-refractivity contribution in [3.8, 4) is 0 Å². The molecule has 0 spiro atoms. The summed E-state index contributed by atoms with van der Waals surface area (Å²) in [7, 11) is 0. The molecule has 0 radical (unpaired) electrons. The highest BCUT2D eigenvalue weighted by Crippen LogP contribution is 2.22. The predicted octanol–water partition coefficient (Wildman–Crippen LogP) is 3.54. The number of nitrogens with one attached hydrogen (secondary N) is 1. The zero-order valence-electron chi connectivity index (χ0n) is 10.6. The standard InChI is InChI=1S/C13H27NS/c1-4-15-9-5-6-12(11(2)3)10-14-13-7-8-13/h11-14H,4-10H2,1-3H3. The first-order valence-corrected chi connectivity index (χ1v) is 7.70. The molecule has 0 aromatic heterocycles. The molecule has 0 saturated heterocycles. The van der Waals surface area contributed by atoms with Crippen LogP contribution in [-0.4, -0.2) is 24.1 Å². The molecule has 0 heterocycles. The molecule has 1 nitrogen and oxygen atoms in total. The summed E-state index contributed by atoms with van der Waals surface area (Å²) in [6.45, 7) is 8.23. The van der Waals surface area contributed by atoms with E-state index in [-0.39, 0.29) is 0 Å². The third kappa shape index (κ3) is 6.47. The fraction of sp³-hybridized carbons (Fsp3) is 1.00. The van der Waals surface area contributed by atoms with Crippen LogP contribution in [0.3, 0.4) is 0 Å². The first-order valence-electron chi connectivity index (χ1n) is 6.55. The van der Waals surface area contributed by atoms with Crippen molar-refractivity contribution >= 4 is 11.8 Å². The van der Waals surface area contributed by atoms with Gasteiger partial charge in [0.25, 0.3) is 0 Å². The van der Waals surface area contributed by atoms with Crippen LogP contribution in [0.5, 0.6) is 0 Å². The van der Waals surface area contributed by atoms with Gasteiger partial charge in [-0.05, 0) is 55.6 Å². The van der Waals surface area contributed by atoms with Crippen molar-refractivity contribution in [2.75, 3.05) is 18.1 Å². The quantitative estimate of drug-likeness (QED) is 0.607. The van der Waals surface area contributed by atoms with Crippen LogP contribution >= 0.6 is 11.8 Å². The normalized spacial score (nSPS) is 18.4. The fourth-order valence-corrected chi connectivity index (χ4v) is 2.53. The van der Waals surface area contributed by atoms with Crippen LogP contribution in [0.4, 0.5) is 0 Å². The van der Waals surface area contributed by atoms with Crippen molar-refractivity contribution in [2.45, 2.75) is 52.5 Å². The third-order valence-corrected chi connectivity index (χ3v) is 4.24. The molecule has 0 aromatic carbocycles. The minimum absolute atomic E-state index is 0.836. The lowest BCUT2D eigenvalue weighted by molar-refractivity contribution is 0.338. The van der Waals surface area contributed by atoms with Crippen LogP contribution in [-0.2, 0) is 0 Å². The minimum atomic E-state index is 0.836. The summed E-state index contributed by atoms with van der Waals surface area (Å²) in [5.41, 5.74) is 0. The summed E-state index contributed by atoms with van der Waals surface area (Å²) in [6.07, 6.45) is 5.63. The Morgan fingerprint density at radius 2 is 2.07 bits per heavy atom. The predicted molar refractivity (Wildman–Crippen MR) is 71.6 cm³/mol. The van der Waals surface area contributed by atoms with Gasteiger partial charge in [-0.3, -0.25) is 0 Å². The van der Waals surface area contributed by atoms with Crippen LogP contribution in [0, 0.1) is 11.8 Å². The second kappa shape index (κ2) is 7.56. The zero-order chi connectivity index (χ0) is 11.1. The van der Waals surface area contributed by atoms with Crippen LogP contribution in [0.2, 0.25) is 0 Å². The van der Waals surface area contributed by atoms with E-state index < -0.39 is 0 Å². The molecule has 0 aliphatic heterocycles. The monoisotopic (exact) mass is 229 g/mol. The summed E-state index contributed by atoms with van der Waals surface area (Å²) in [5, 5.41) is 3.67. The number of rotatable bonds is 9. The molecule has 15 heavy (non-hydrogen) atoms. The highest BCUT2D eigenvalue weighted by molar-refractivity contribution is 7.99. The Labute approximate surface area is 99.8 Å². The number of thioether (sulfide) groups is 1. The Morgan fingerprint density at radius 1 is 1.33 bits per heavy atom. The van der Waals surface area contributed by atoms with Crippen molar-refractivity contribution in [1.82, 2.24) is 5.32 Å². The Morgan fingerprint density at radius 3 is 2.60 bits per heavy atom. The van der Waals surface area contributed by atoms with E-state index in [0.29, 0.717) is 0 Å². The molecule has 1 N–H and O–H groups in total. The van der Waals surface area contributed by atoms with E-state index in [9.17, 15) is 0 Å². The first-order chi connectivity index (χ1) is 7.24. The molecule has 1 fully saturated rings. The van der Waals surface area contributed by atoms with Crippen molar-refractivity contribution in [1.29, 1.82) is 0 Å². The van der Waals surface area contributed by atoms with Crippen LogP contribution in [0.25, 0.3) is 0 Å². The maximum Gasteiger partial charge on any atom is 0.00683 e. The topological polar surface area (TPSA) is 12.0 Å². The highest BCUT2D eigenvalue weighted by Gasteiger charge is 2.22. The molecule has 90 valence electrons. The van der Waals surface area contributed by atoms with Gasteiger partial charge in [0, 0.05) is 6.04 Å². The van der Waals surface area contributed by atoms with Gasteiger partial charge in [-0.1, -0.05) is 20.8 Å². The van der Waals surface area contributed by atoms with Gasteiger partial charge < -0.3 is 5.32 Å². The second-order valence-electron chi connectivity index (χ2n) is 5.03. The average Bonchev–Trinajstić information content (AvgIpc) is 3.00. The van der Waals surface area contributed by atoms with E-state index in [0.717, 1.165) is 17.9 Å². The maximum atomic E-state index is 3.67. The largest absolute Gasteiger partial charge is 0.314 e. The van der Waals surface area contributed by atoms with Crippen molar-refractivity contribution in [3.05, 3.63) is 0 Å². The van der Waals surface area contributed by atoms with E-state index in [4.69, 9.17) is 0 Å². The molecule has 1 aliphatic rings. The van der Waals surface area contributed by atoms with Gasteiger partial charge in [0.15, 0.2) is 0 Å². The lowest BCUT2D eigenvalue weighted by Crippen LogP contribution is -2.27. The molecular weight excluding hydrogens is 202 g/mol. The lowest BCUT2D eigenvalue weighted by atomic mass is 9.91. The summed E-state index contributed by atoms with van der Waals surface area (Å²) in [4.78, 5) is 0. The first kappa shape index (κ1) is 13.4. The maximum absolute atomic E-state index is 3.67. The molecule has 0 amide bonds. The van der Waals surface area contributed by atoms with E-state index in [1.807, 2.05) is 0 Å². The molecule has 0 bridgehead atoms. The molecule has 1 unspecified atom stereocenters. The summed E-state index contributed by atoms with van der Waals surface area (Å²) in [5.74, 6) is 4.35.